The first kappa shape index (κ1) is 11.4. The molecular weight excluding hydrogens is 202 g/mol. The molecule has 0 spiro atoms. The molecular formula is C13H19NO2. The van der Waals surface area contributed by atoms with Crippen molar-refractivity contribution in [3.8, 4) is 5.75 Å². The van der Waals surface area contributed by atoms with Gasteiger partial charge in [-0.15, -0.1) is 0 Å². The molecule has 0 bridgehead atoms. The van der Waals surface area contributed by atoms with E-state index in [9.17, 15) is 0 Å². The lowest BCUT2D eigenvalue weighted by atomic mass is 10.1. The molecule has 1 aliphatic carbocycles. The van der Waals surface area contributed by atoms with Crippen LogP contribution >= 0.6 is 0 Å². The third-order valence-electron chi connectivity index (χ3n) is 3.19. The summed E-state index contributed by atoms with van der Waals surface area (Å²) in [5.74, 6) is 6.08. The van der Waals surface area contributed by atoms with Gasteiger partial charge in [0, 0.05) is 5.56 Å². The summed E-state index contributed by atoms with van der Waals surface area (Å²) in [6, 6.07) is 6.06. The van der Waals surface area contributed by atoms with Gasteiger partial charge in [-0.2, -0.15) is 0 Å². The highest BCUT2D eigenvalue weighted by Gasteiger charge is 2.18. The molecule has 1 aliphatic rings. The van der Waals surface area contributed by atoms with E-state index in [4.69, 9.17) is 15.5 Å². The summed E-state index contributed by atoms with van der Waals surface area (Å²) < 4.78 is 6.00. The monoisotopic (exact) mass is 221 g/mol. The summed E-state index contributed by atoms with van der Waals surface area (Å²) in [6.07, 6.45) is 5.25. The van der Waals surface area contributed by atoms with Gasteiger partial charge < -0.3 is 4.74 Å². The van der Waals surface area contributed by atoms with Crippen molar-refractivity contribution < 1.29 is 9.57 Å². The maximum absolute atomic E-state index is 6.00. The second-order valence-electron chi connectivity index (χ2n) is 4.39. The highest BCUT2D eigenvalue weighted by atomic mass is 16.6. The highest BCUT2D eigenvalue weighted by molar-refractivity contribution is 5.39. The van der Waals surface area contributed by atoms with Gasteiger partial charge >= 0.3 is 0 Å². The number of nitrogens with two attached hydrogens (primary N) is 1. The molecule has 1 aromatic carbocycles. The van der Waals surface area contributed by atoms with Gasteiger partial charge in [-0.3, -0.25) is 4.84 Å². The van der Waals surface area contributed by atoms with Crippen molar-refractivity contribution in [3.63, 3.8) is 0 Å². The van der Waals surface area contributed by atoms with Gasteiger partial charge in [-0.1, -0.05) is 12.1 Å². The number of hydrogen-bond acceptors (Lipinski definition) is 3. The van der Waals surface area contributed by atoms with Gasteiger partial charge in [-0.25, -0.2) is 5.90 Å². The largest absolute Gasteiger partial charge is 0.490 e. The van der Waals surface area contributed by atoms with Crippen LogP contribution < -0.4 is 10.6 Å². The molecule has 1 saturated carbocycles. The van der Waals surface area contributed by atoms with Crippen LogP contribution in [0.25, 0.3) is 0 Å². The van der Waals surface area contributed by atoms with Crippen molar-refractivity contribution in [2.75, 3.05) is 0 Å². The molecule has 16 heavy (non-hydrogen) atoms. The average molecular weight is 221 g/mol. The SMILES string of the molecule is Cc1cccc(OC2CCCC2)c1CON. The summed E-state index contributed by atoms with van der Waals surface area (Å²) in [5.41, 5.74) is 2.23. The number of hydrogen-bond donors (Lipinski definition) is 1. The summed E-state index contributed by atoms with van der Waals surface area (Å²) in [7, 11) is 0. The Kier molecular flexibility index (Phi) is 3.80. The molecule has 0 aliphatic heterocycles. The molecule has 3 nitrogen and oxygen atoms in total. The predicted octanol–water partition coefficient (Wildman–Crippen LogP) is 2.71. The Morgan fingerprint density at radius 1 is 1.31 bits per heavy atom. The Hall–Kier alpha value is -1.06. The Balaban J connectivity index is 2.14. The van der Waals surface area contributed by atoms with Crippen molar-refractivity contribution in [1.82, 2.24) is 0 Å². The van der Waals surface area contributed by atoms with Crippen molar-refractivity contribution >= 4 is 0 Å². The number of benzene rings is 1. The van der Waals surface area contributed by atoms with E-state index in [-0.39, 0.29) is 0 Å². The van der Waals surface area contributed by atoms with Crippen LogP contribution in [0.1, 0.15) is 36.8 Å². The summed E-state index contributed by atoms with van der Waals surface area (Å²) in [6.45, 7) is 2.46. The van der Waals surface area contributed by atoms with E-state index in [2.05, 4.69) is 13.0 Å². The lowest BCUT2D eigenvalue weighted by molar-refractivity contribution is 0.118. The second-order valence-corrected chi connectivity index (χ2v) is 4.39. The second kappa shape index (κ2) is 5.32. The molecule has 0 aromatic heterocycles. The van der Waals surface area contributed by atoms with Crippen LogP contribution in [-0.4, -0.2) is 6.10 Å². The van der Waals surface area contributed by atoms with Crippen LogP contribution in [-0.2, 0) is 11.4 Å². The summed E-state index contributed by atoms with van der Waals surface area (Å²) in [5, 5.41) is 0. The Bertz CT molecular complexity index is 346. The van der Waals surface area contributed by atoms with Crippen molar-refractivity contribution in [1.29, 1.82) is 0 Å². The molecule has 88 valence electrons. The molecule has 0 saturated heterocycles. The van der Waals surface area contributed by atoms with Crippen LogP contribution in [0.5, 0.6) is 5.75 Å². The van der Waals surface area contributed by atoms with Gasteiger partial charge in [0.15, 0.2) is 0 Å². The smallest absolute Gasteiger partial charge is 0.125 e. The lowest BCUT2D eigenvalue weighted by Crippen LogP contribution is -2.13. The van der Waals surface area contributed by atoms with E-state index in [0.717, 1.165) is 24.2 Å². The molecule has 2 rings (SSSR count). The van der Waals surface area contributed by atoms with E-state index in [1.54, 1.807) is 0 Å². The predicted molar refractivity (Wildman–Crippen MR) is 63.0 cm³/mol. The van der Waals surface area contributed by atoms with Crippen molar-refractivity contribution in [2.45, 2.75) is 45.3 Å². The van der Waals surface area contributed by atoms with E-state index in [1.807, 2.05) is 12.1 Å². The quantitative estimate of drug-likeness (QED) is 0.795. The minimum Gasteiger partial charge on any atom is -0.490 e. The van der Waals surface area contributed by atoms with Crippen LogP contribution in [0.2, 0.25) is 0 Å². The molecule has 1 fully saturated rings. The zero-order chi connectivity index (χ0) is 11.4. The topological polar surface area (TPSA) is 44.5 Å². The Morgan fingerprint density at radius 2 is 2.06 bits per heavy atom. The normalized spacial score (nSPS) is 16.6. The van der Waals surface area contributed by atoms with E-state index in [1.165, 1.54) is 18.4 Å². The van der Waals surface area contributed by atoms with Gasteiger partial charge in [0.25, 0.3) is 0 Å². The van der Waals surface area contributed by atoms with E-state index in [0.29, 0.717) is 12.7 Å². The summed E-state index contributed by atoms with van der Waals surface area (Å²) >= 11 is 0. The number of aryl methyl sites for hydroxylation is 1. The molecule has 0 amide bonds. The minimum atomic E-state index is 0.373. The third-order valence-corrected chi connectivity index (χ3v) is 3.19. The molecule has 2 N–H and O–H groups in total. The fourth-order valence-electron chi connectivity index (χ4n) is 2.24. The van der Waals surface area contributed by atoms with Gasteiger partial charge in [-0.05, 0) is 44.2 Å². The Morgan fingerprint density at radius 3 is 2.75 bits per heavy atom. The van der Waals surface area contributed by atoms with Gasteiger partial charge in [0.1, 0.15) is 5.75 Å². The number of ether oxygens (including phenoxy) is 1. The van der Waals surface area contributed by atoms with Crippen molar-refractivity contribution in [2.24, 2.45) is 5.90 Å². The fraction of sp³-hybridized carbons (Fsp3) is 0.538. The van der Waals surface area contributed by atoms with Gasteiger partial charge in [0.2, 0.25) is 0 Å². The molecule has 3 heteroatoms. The van der Waals surface area contributed by atoms with Crippen LogP contribution in [0.4, 0.5) is 0 Å². The van der Waals surface area contributed by atoms with Crippen LogP contribution in [0.15, 0.2) is 18.2 Å². The molecule has 1 aromatic rings. The van der Waals surface area contributed by atoms with E-state index < -0.39 is 0 Å². The van der Waals surface area contributed by atoms with Crippen LogP contribution in [0, 0.1) is 6.92 Å². The van der Waals surface area contributed by atoms with E-state index >= 15 is 0 Å². The number of rotatable bonds is 4. The first-order valence-electron chi connectivity index (χ1n) is 5.88. The average Bonchev–Trinajstić information content (AvgIpc) is 2.76. The fourth-order valence-corrected chi connectivity index (χ4v) is 2.24. The first-order chi connectivity index (χ1) is 7.81. The zero-order valence-electron chi connectivity index (χ0n) is 9.74. The maximum Gasteiger partial charge on any atom is 0.125 e. The maximum atomic E-state index is 6.00. The molecule has 0 radical (unpaired) electrons. The molecule has 0 unspecified atom stereocenters. The van der Waals surface area contributed by atoms with Crippen LogP contribution in [0.3, 0.4) is 0 Å². The molecule has 0 heterocycles. The lowest BCUT2D eigenvalue weighted by Gasteiger charge is -2.17. The Labute approximate surface area is 96.5 Å². The first-order valence-corrected chi connectivity index (χ1v) is 5.88. The van der Waals surface area contributed by atoms with Gasteiger partial charge in [0.05, 0.1) is 12.7 Å². The summed E-state index contributed by atoms with van der Waals surface area (Å²) in [4.78, 5) is 4.73. The zero-order valence-corrected chi connectivity index (χ0v) is 9.74. The van der Waals surface area contributed by atoms with Crippen molar-refractivity contribution in [3.05, 3.63) is 29.3 Å². The molecule has 0 atom stereocenters. The minimum absolute atomic E-state index is 0.373. The highest BCUT2D eigenvalue weighted by Crippen LogP contribution is 2.28. The standard InChI is InChI=1S/C13H19NO2/c1-10-5-4-8-13(12(10)9-15-14)16-11-6-2-3-7-11/h4-5,8,11H,2-3,6-7,9,14H2,1H3. The third kappa shape index (κ3) is 2.54.